The molecule has 2 N–H and O–H groups in total. The summed E-state index contributed by atoms with van der Waals surface area (Å²) in [7, 11) is 0. The highest BCUT2D eigenvalue weighted by atomic mass is 79.9. The van der Waals surface area contributed by atoms with E-state index in [1.54, 1.807) is 11.3 Å². The Labute approximate surface area is 118 Å². The Balaban J connectivity index is 2.20. The van der Waals surface area contributed by atoms with Crippen LogP contribution in [0, 0.1) is 12.7 Å². The first-order valence-corrected chi connectivity index (χ1v) is 7.09. The van der Waals surface area contributed by atoms with Crippen molar-refractivity contribution in [2.24, 2.45) is 0 Å². The maximum Gasteiger partial charge on any atom is 0.125 e. The summed E-state index contributed by atoms with van der Waals surface area (Å²) in [6, 6.07) is 8.41. The molecule has 2 rings (SSSR count). The molecular formula is C13H13BrFNOS. The Morgan fingerprint density at radius 1 is 1.39 bits per heavy atom. The molecule has 1 aromatic carbocycles. The number of hydrogen-bond acceptors (Lipinski definition) is 3. The Bertz CT molecular complexity index is 523. The number of benzene rings is 1. The molecule has 18 heavy (non-hydrogen) atoms. The summed E-state index contributed by atoms with van der Waals surface area (Å²) in [6.07, 6.45) is 0. The van der Waals surface area contributed by atoms with Crippen molar-refractivity contribution in [3.8, 4) is 0 Å². The van der Waals surface area contributed by atoms with Crippen LogP contribution in [0.5, 0.6) is 0 Å². The van der Waals surface area contributed by atoms with Gasteiger partial charge in [-0.25, -0.2) is 4.39 Å². The van der Waals surface area contributed by atoms with Crippen molar-refractivity contribution in [2.75, 3.05) is 11.9 Å². The van der Waals surface area contributed by atoms with Crippen LogP contribution in [0.3, 0.4) is 0 Å². The van der Waals surface area contributed by atoms with E-state index in [4.69, 9.17) is 0 Å². The van der Waals surface area contributed by atoms with Crippen molar-refractivity contribution in [1.29, 1.82) is 0 Å². The van der Waals surface area contributed by atoms with Gasteiger partial charge in [0.05, 0.1) is 16.4 Å². The molecule has 2 nitrogen and oxygen atoms in total. The maximum absolute atomic E-state index is 13.3. The van der Waals surface area contributed by atoms with Crippen LogP contribution in [0.15, 0.2) is 34.1 Å². The van der Waals surface area contributed by atoms with E-state index in [-0.39, 0.29) is 18.5 Å². The summed E-state index contributed by atoms with van der Waals surface area (Å²) in [5.41, 5.74) is 1.53. The monoisotopic (exact) mass is 329 g/mol. The van der Waals surface area contributed by atoms with Crippen LogP contribution in [0.25, 0.3) is 0 Å². The van der Waals surface area contributed by atoms with Crippen LogP contribution >= 0.6 is 27.3 Å². The van der Waals surface area contributed by atoms with Crippen LogP contribution in [-0.2, 0) is 0 Å². The molecular weight excluding hydrogens is 317 g/mol. The second kappa shape index (κ2) is 5.82. The first-order chi connectivity index (χ1) is 8.58. The van der Waals surface area contributed by atoms with Crippen molar-refractivity contribution >= 4 is 33.0 Å². The van der Waals surface area contributed by atoms with Crippen molar-refractivity contribution < 1.29 is 9.50 Å². The Kier molecular flexibility index (Phi) is 4.37. The molecule has 1 heterocycles. The molecule has 0 aliphatic heterocycles. The van der Waals surface area contributed by atoms with Crippen LogP contribution in [0.2, 0.25) is 0 Å². The Morgan fingerprint density at radius 2 is 2.17 bits per heavy atom. The minimum absolute atomic E-state index is 0.0392. The van der Waals surface area contributed by atoms with E-state index in [1.807, 2.05) is 25.1 Å². The molecule has 0 saturated heterocycles. The molecule has 96 valence electrons. The number of aliphatic hydroxyl groups excluding tert-OH is 1. The van der Waals surface area contributed by atoms with Gasteiger partial charge in [0.25, 0.3) is 0 Å². The number of hydrogen-bond donors (Lipinski definition) is 2. The summed E-state index contributed by atoms with van der Waals surface area (Å²) in [6.45, 7) is 1.80. The molecule has 5 heteroatoms. The smallest absolute Gasteiger partial charge is 0.125 e. The summed E-state index contributed by atoms with van der Waals surface area (Å²) >= 11 is 4.94. The lowest BCUT2D eigenvalue weighted by Crippen LogP contribution is -2.13. The van der Waals surface area contributed by atoms with E-state index in [0.717, 1.165) is 14.2 Å². The summed E-state index contributed by atoms with van der Waals surface area (Å²) in [4.78, 5) is 1.01. The van der Waals surface area contributed by atoms with Crippen molar-refractivity contribution in [3.63, 3.8) is 0 Å². The second-order valence-electron chi connectivity index (χ2n) is 4.04. The zero-order chi connectivity index (χ0) is 13.1. The third kappa shape index (κ3) is 3.31. The molecule has 0 radical (unpaired) electrons. The van der Waals surface area contributed by atoms with E-state index in [0.29, 0.717) is 5.69 Å². The molecule has 0 aliphatic rings. The summed E-state index contributed by atoms with van der Waals surface area (Å²) in [5.74, 6) is -0.276. The van der Waals surface area contributed by atoms with E-state index >= 15 is 0 Å². The van der Waals surface area contributed by atoms with E-state index in [2.05, 4.69) is 21.2 Å². The molecule has 0 bridgehead atoms. The number of anilines is 1. The molecule has 2 aromatic rings. The Morgan fingerprint density at radius 3 is 2.72 bits per heavy atom. The van der Waals surface area contributed by atoms with Gasteiger partial charge in [-0.3, -0.25) is 0 Å². The number of aliphatic hydroxyl groups is 1. The van der Waals surface area contributed by atoms with Crippen LogP contribution in [0.1, 0.15) is 16.5 Å². The molecule has 1 atom stereocenters. The normalized spacial score (nSPS) is 12.4. The standard InChI is InChI=1S/C13H13BrFNOS/c1-8-4-9(15)6-10(5-8)16-11(7-17)12-2-3-13(14)18-12/h2-6,11,16-17H,7H2,1H3. The number of aryl methyl sites for hydroxylation is 1. The van der Waals surface area contributed by atoms with E-state index in [1.165, 1.54) is 12.1 Å². The molecule has 0 spiro atoms. The molecule has 1 aromatic heterocycles. The number of halogens is 2. The fourth-order valence-corrected chi connectivity index (χ4v) is 3.21. The minimum atomic E-state index is -0.276. The molecule has 0 saturated carbocycles. The fourth-order valence-electron chi connectivity index (χ4n) is 1.74. The predicted molar refractivity (Wildman–Crippen MR) is 76.6 cm³/mol. The second-order valence-corrected chi connectivity index (χ2v) is 6.53. The summed E-state index contributed by atoms with van der Waals surface area (Å²) < 4.78 is 14.3. The lowest BCUT2D eigenvalue weighted by Gasteiger charge is -2.16. The third-order valence-electron chi connectivity index (χ3n) is 2.50. The minimum Gasteiger partial charge on any atom is -0.394 e. The number of rotatable bonds is 4. The van der Waals surface area contributed by atoms with Gasteiger partial charge in [0.15, 0.2) is 0 Å². The summed E-state index contributed by atoms with van der Waals surface area (Å²) in [5, 5.41) is 12.6. The van der Waals surface area contributed by atoms with Gasteiger partial charge >= 0.3 is 0 Å². The average molecular weight is 330 g/mol. The first-order valence-electron chi connectivity index (χ1n) is 5.48. The zero-order valence-electron chi connectivity index (χ0n) is 9.78. The third-order valence-corrected chi connectivity index (χ3v) is 4.24. The molecule has 0 aliphatic carbocycles. The predicted octanol–water partition coefficient (Wildman–Crippen LogP) is 4.10. The maximum atomic E-state index is 13.3. The van der Waals surface area contributed by atoms with Gasteiger partial charge < -0.3 is 10.4 Å². The van der Waals surface area contributed by atoms with Crippen LogP contribution in [-0.4, -0.2) is 11.7 Å². The zero-order valence-corrected chi connectivity index (χ0v) is 12.2. The largest absolute Gasteiger partial charge is 0.394 e. The van der Waals surface area contributed by atoms with Gasteiger partial charge in [-0.2, -0.15) is 0 Å². The average Bonchev–Trinajstić information content (AvgIpc) is 2.71. The SMILES string of the molecule is Cc1cc(F)cc(NC(CO)c2ccc(Br)s2)c1. The Hall–Kier alpha value is -0.910. The first kappa shape index (κ1) is 13.5. The topological polar surface area (TPSA) is 32.3 Å². The van der Waals surface area contributed by atoms with Gasteiger partial charge in [-0.15, -0.1) is 11.3 Å². The van der Waals surface area contributed by atoms with Crippen LogP contribution in [0.4, 0.5) is 10.1 Å². The van der Waals surface area contributed by atoms with Crippen molar-refractivity contribution in [1.82, 2.24) is 0 Å². The highest BCUT2D eigenvalue weighted by Gasteiger charge is 2.13. The number of thiophene rings is 1. The van der Waals surface area contributed by atoms with Gasteiger partial charge in [0.1, 0.15) is 5.82 Å². The van der Waals surface area contributed by atoms with Crippen molar-refractivity contribution in [3.05, 3.63) is 50.4 Å². The lowest BCUT2D eigenvalue weighted by molar-refractivity contribution is 0.277. The van der Waals surface area contributed by atoms with Gasteiger partial charge in [-0.05, 0) is 58.7 Å². The number of nitrogens with one attached hydrogen (secondary N) is 1. The lowest BCUT2D eigenvalue weighted by atomic mass is 10.2. The van der Waals surface area contributed by atoms with E-state index < -0.39 is 0 Å². The van der Waals surface area contributed by atoms with Crippen molar-refractivity contribution in [2.45, 2.75) is 13.0 Å². The highest BCUT2D eigenvalue weighted by molar-refractivity contribution is 9.11. The van der Waals surface area contributed by atoms with Gasteiger partial charge in [0, 0.05) is 10.6 Å². The van der Waals surface area contributed by atoms with Crippen LogP contribution < -0.4 is 5.32 Å². The molecule has 0 amide bonds. The quantitative estimate of drug-likeness (QED) is 0.884. The highest BCUT2D eigenvalue weighted by Crippen LogP contribution is 2.29. The van der Waals surface area contributed by atoms with E-state index in [9.17, 15) is 9.50 Å². The van der Waals surface area contributed by atoms with Gasteiger partial charge in [-0.1, -0.05) is 0 Å². The molecule has 1 unspecified atom stereocenters. The fraction of sp³-hybridized carbons (Fsp3) is 0.231. The van der Waals surface area contributed by atoms with Gasteiger partial charge in [0.2, 0.25) is 0 Å². The molecule has 0 fully saturated rings.